The van der Waals surface area contributed by atoms with E-state index in [0.29, 0.717) is 0 Å². The number of cyclic esters (lactones) is 1. The number of likely N-dealkylation sites (N-methyl/N-ethyl adjacent to an activating group) is 6. The molecule has 0 saturated carbocycles. The van der Waals surface area contributed by atoms with Crippen molar-refractivity contribution in [2.75, 3.05) is 55.9 Å². The lowest BCUT2D eigenvalue weighted by Crippen LogP contribution is -2.64. The van der Waals surface area contributed by atoms with Crippen LogP contribution in [0.2, 0.25) is 0 Å². The predicted molar refractivity (Wildman–Crippen MR) is 342 cm³/mol. The number of hydrogen-bond donors (Lipinski definition) is 5. The fraction of sp³-hybridized carbons (Fsp3) is 0.800. The molecule has 0 bridgehead atoms. The van der Waals surface area contributed by atoms with Crippen molar-refractivity contribution in [3.63, 3.8) is 0 Å². The summed E-state index contributed by atoms with van der Waals surface area (Å²) in [5, 5.41) is 23.4. The summed E-state index contributed by atoms with van der Waals surface area (Å²) in [5.74, 6) is -11.1. The first-order valence-corrected chi connectivity index (χ1v) is 31.9. The third-order valence-corrected chi connectivity index (χ3v) is 16.4. The van der Waals surface area contributed by atoms with Gasteiger partial charge < -0.3 is 65.2 Å². The molecule has 0 aliphatic carbocycles. The molecule has 1 aliphatic rings. The van der Waals surface area contributed by atoms with Gasteiger partial charge in [-0.2, -0.15) is 0 Å². The molecule has 0 aromatic carbocycles. The molecule has 1 rings (SSSR count). The number of carbonyl (C=O) groups is 11. The van der Waals surface area contributed by atoms with E-state index in [2.05, 4.69) is 21.3 Å². The Kier molecular flexibility index (Phi) is 33.8. The van der Waals surface area contributed by atoms with Crippen LogP contribution in [0.25, 0.3) is 0 Å². The second-order valence-electron chi connectivity index (χ2n) is 27.5. The summed E-state index contributed by atoms with van der Waals surface area (Å²) in [4.78, 5) is 169. The molecule has 1 aliphatic heterocycles. The highest BCUT2D eigenvalue weighted by atomic mass is 16.6. The molecule has 0 aromatic rings. The van der Waals surface area contributed by atoms with Gasteiger partial charge in [0.2, 0.25) is 53.2 Å². The third kappa shape index (κ3) is 23.9. The Morgan fingerprint density at radius 3 is 1.31 bits per heavy atom. The number of amides is 10. The molecule has 510 valence electrons. The first-order chi connectivity index (χ1) is 41.1. The number of carbonyl (C=O) groups excluding carboxylic acids is 11. The summed E-state index contributed by atoms with van der Waals surface area (Å²) in [6, 6.07) is -11.9. The molecular formula is C65H116N10O14. The van der Waals surface area contributed by atoms with E-state index in [4.69, 9.17) is 9.47 Å². The summed E-state index contributed by atoms with van der Waals surface area (Å²) in [6.07, 6.45) is 0.362. The van der Waals surface area contributed by atoms with E-state index in [1.807, 2.05) is 69.2 Å². The van der Waals surface area contributed by atoms with Gasteiger partial charge in [-0.1, -0.05) is 116 Å². The number of ether oxygens (including phenoxy) is 2. The Balaban J connectivity index is 4.45. The molecule has 13 atom stereocenters. The average molecular weight is 1260 g/mol. The Morgan fingerprint density at radius 1 is 0.506 bits per heavy atom. The molecule has 10 amide bonds. The largest absolute Gasteiger partial charge is 0.450 e. The maximum Gasteiger partial charge on any atom is 0.329 e. The van der Waals surface area contributed by atoms with Gasteiger partial charge in [0.15, 0.2) is 6.10 Å². The Morgan fingerprint density at radius 2 is 0.910 bits per heavy atom. The van der Waals surface area contributed by atoms with Gasteiger partial charge in [-0.25, -0.2) is 4.79 Å². The predicted octanol–water partition coefficient (Wildman–Crippen LogP) is 4.00. The van der Waals surface area contributed by atoms with Crippen LogP contribution in [-0.4, -0.2) is 228 Å². The highest BCUT2D eigenvalue weighted by Crippen LogP contribution is 2.25. The normalized spacial score (nSPS) is 26.6. The van der Waals surface area contributed by atoms with Crippen LogP contribution in [0.5, 0.6) is 0 Å². The van der Waals surface area contributed by atoms with Gasteiger partial charge in [0, 0.05) is 49.4 Å². The lowest BCUT2D eigenvalue weighted by molar-refractivity contribution is -0.166. The van der Waals surface area contributed by atoms with E-state index in [0.717, 1.165) is 9.80 Å². The minimum Gasteiger partial charge on any atom is -0.450 e. The minimum absolute atomic E-state index is 0.0926. The lowest BCUT2D eigenvalue weighted by atomic mass is 9.91. The van der Waals surface area contributed by atoms with E-state index in [1.165, 1.54) is 82.8 Å². The zero-order chi connectivity index (χ0) is 69.0. The topological polar surface area (TPSA) is 294 Å². The van der Waals surface area contributed by atoms with Gasteiger partial charge in [0.1, 0.15) is 54.4 Å². The van der Waals surface area contributed by atoms with Crippen LogP contribution in [-0.2, 0) is 62.2 Å². The summed E-state index contributed by atoms with van der Waals surface area (Å²) in [6.45, 7) is 31.0. The quantitative estimate of drug-likeness (QED) is 0.0958. The maximum absolute atomic E-state index is 15.2. The molecule has 2 unspecified atom stereocenters. The van der Waals surface area contributed by atoms with E-state index in [-0.39, 0.29) is 68.1 Å². The van der Waals surface area contributed by atoms with Crippen molar-refractivity contribution in [1.82, 2.24) is 50.7 Å². The first-order valence-electron chi connectivity index (χ1n) is 31.9. The average Bonchev–Trinajstić information content (AvgIpc) is 3.65. The molecule has 24 nitrogen and oxygen atoms in total. The Hall–Kier alpha value is -6.17. The van der Waals surface area contributed by atoms with E-state index in [1.54, 1.807) is 53.7 Å². The molecule has 0 aromatic heterocycles. The minimum atomic E-state index is -1.68. The number of nitrogens with zero attached hydrogens (tertiary/aromatic N) is 6. The van der Waals surface area contributed by atoms with Crippen molar-refractivity contribution < 1.29 is 67.3 Å². The fourth-order valence-electron chi connectivity index (χ4n) is 11.0. The number of allylic oxidation sites excluding steroid dienone is 2. The third-order valence-electron chi connectivity index (χ3n) is 16.4. The van der Waals surface area contributed by atoms with Crippen LogP contribution in [0, 0.1) is 47.3 Å². The van der Waals surface area contributed by atoms with Crippen molar-refractivity contribution in [3.05, 3.63) is 12.2 Å². The SMILES string of the molecule is C/C=C\C[C@@H](C)C(O)[C@@H]1C(=O)N[C@H](C(C)OC)C(=O)N(C)CC(=O)N(C)[C@@H](CC(C)C)C(=O)N[C@@H](CC(C)C)C(=O)N(C)[C@@H](CC(C)C)C(=O)N[C@@H](C)C(=O)O[C@H](C(C)C)C(=O)N(C)[C@@H](CC(C)C)C(=O)N[C@H](CC(C)C)C(=O)N(C)[C@H](C(C)C)C(=O)N1C. The van der Waals surface area contributed by atoms with Crippen LogP contribution >= 0.6 is 0 Å². The van der Waals surface area contributed by atoms with E-state index in [9.17, 15) is 43.5 Å². The van der Waals surface area contributed by atoms with Gasteiger partial charge >= 0.3 is 5.97 Å². The zero-order valence-electron chi connectivity index (χ0n) is 58.6. The molecule has 1 heterocycles. The van der Waals surface area contributed by atoms with Crippen molar-refractivity contribution in [1.29, 1.82) is 0 Å². The van der Waals surface area contributed by atoms with Crippen LogP contribution in [0.4, 0.5) is 0 Å². The van der Waals surface area contributed by atoms with E-state index >= 15 is 14.4 Å². The number of esters is 1. The molecule has 0 spiro atoms. The number of rotatable bonds is 18. The van der Waals surface area contributed by atoms with Crippen LogP contribution in [0.15, 0.2) is 12.2 Å². The zero-order valence-corrected chi connectivity index (χ0v) is 58.6. The van der Waals surface area contributed by atoms with Gasteiger partial charge in [-0.3, -0.25) is 47.9 Å². The van der Waals surface area contributed by atoms with Crippen LogP contribution in [0.3, 0.4) is 0 Å². The smallest absolute Gasteiger partial charge is 0.329 e. The molecular weight excluding hydrogens is 1140 g/mol. The number of nitrogens with one attached hydrogen (secondary N) is 4. The Labute approximate surface area is 532 Å². The number of aliphatic hydroxyl groups excluding tert-OH is 1. The number of hydrogen-bond acceptors (Lipinski definition) is 14. The second kappa shape index (κ2) is 37.2. The van der Waals surface area contributed by atoms with Crippen molar-refractivity contribution >= 4 is 65.0 Å². The lowest BCUT2D eigenvalue weighted by Gasteiger charge is -2.40. The van der Waals surface area contributed by atoms with Gasteiger partial charge in [0.05, 0.1) is 18.8 Å². The fourth-order valence-corrected chi connectivity index (χ4v) is 11.0. The first kappa shape index (κ1) is 80.8. The van der Waals surface area contributed by atoms with Crippen molar-refractivity contribution in [2.45, 2.75) is 236 Å². The molecule has 5 N–H and O–H groups in total. The molecule has 1 saturated heterocycles. The highest BCUT2D eigenvalue weighted by molar-refractivity contribution is 5.99. The number of methoxy groups -OCH3 is 1. The summed E-state index contributed by atoms with van der Waals surface area (Å²) in [5.41, 5.74) is 0. The second-order valence-corrected chi connectivity index (χ2v) is 27.5. The molecule has 89 heavy (non-hydrogen) atoms. The Bertz CT molecular complexity index is 2410. The summed E-state index contributed by atoms with van der Waals surface area (Å²) >= 11 is 0. The van der Waals surface area contributed by atoms with Crippen molar-refractivity contribution in [3.8, 4) is 0 Å². The maximum atomic E-state index is 15.2. The van der Waals surface area contributed by atoms with E-state index < -0.39 is 162 Å². The van der Waals surface area contributed by atoms with Crippen LogP contribution < -0.4 is 21.3 Å². The van der Waals surface area contributed by atoms with Gasteiger partial charge in [-0.15, -0.1) is 0 Å². The molecule has 0 radical (unpaired) electrons. The highest BCUT2D eigenvalue weighted by Gasteiger charge is 2.46. The van der Waals surface area contributed by atoms with Crippen LogP contribution in [0.1, 0.15) is 163 Å². The number of aliphatic hydroxyl groups is 1. The van der Waals surface area contributed by atoms with Gasteiger partial charge in [0.25, 0.3) is 5.91 Å². The monoisotopic (exact) mass is 1260 g/mol. The molecule has 1 fully saturated rings. The summed E-state index contributed by atoms with van der Waals surface area (Å²) < 4.78 is 11.5. The standard InChI is InChI=1S/C65H116N10O14/c1-26-27-28-42(16)54(77)53-59(81)69-51(44(18)88-25)62(84)70(19)34-50(76)71(20)47(31-37(6)7)57(79)67-45(29-35(2)3)60(82)72(21)48(32-38(8)9)56(78)66-43(17)65(87)89-55(41(14)15)64(86)73(22)49(33-39(10)11)58(80)68-46(30-36(4)5)61(83)74(23)52(40(12)13)63(85)75(53)24/h26-27,35-49,51-55,77H,28-34H2,1-25H3,(H,66,78)(H,67,79)(H,68,80)(H,69,81)/b27-26-/t42-,43+,44?,45+,46-,47+,48+,49+,51-,52-,53-,54?,55-/m1/s1. The summed E-state index contributed by atoms with van der Waals surface area (Å²) in [7, 11) is 9.62. The molecule has 24 heteroatoms. The van der Waals surface area contributed by atoms with Gasteiger partial charge in [-0.05, 0) is 107 Å². The van der Waals surface area contributed by atoms with Crippen molar-refractivity contribution in [2.24, 2.45) is 47.3 Å².